The Balaban J connectivity index is 2.22. The Morgan fingerprint density at radius 3 is 1.60 bits per heavy atom. The summed E-state index contributed by atoms with van der Waals surface area (Å²) in [6.45, 7) is 0. The molecule has 15 heavy (non-hydrogen) atoms. The first-order chi connectivity index (χ1) is 7.24. The monoisotopic (exact) mass is 266 g/mol. The average Bonchev–Trinajstić information content (AvgIpc) is 2.17. The van der Waals surface area contributed by atoms with E-state index in [1.165, 1.54) is 0 Å². The van der Waals surface area contributed by atoms with Gasteiger partial charge in [-0.2, -0.15) is 0 Å². The summed E-state index contributed by atoms with van der Waals surface area (Å²) in [5.41, 5.74) is 0. The first-order valence-electron chi connectivity index (χ1n) is 4.50. The fourth-order valence-corrected chi connectivity index (χ4v) is 3.17. The van der Waals surface area contributed by atoms with Crippen LogP contribution in [-0.4, -0.2) is 25.2 Å². The van der Waals surface area contributed by atoms with Gasteiger partial charge in [0, 0.05) is 0 Å². The maximum absolute atomic E-state index is 9.31. The molecular weight excluding hydrogens is 255 g/mol. The predicted molar refractivity (Wildman–Crippen MR) is 61.2 cm³/mol. The molecule has 0 saturated heterocycles. The summed E-state index contributed by atoms with van der Waals surface area (Å²) in [7, 11) is 0. The van der Waals surface area contributed by atoms with Gasteiger partial charge in [-0.15, -0.1) is 0 Å². The van der Waals surface area contributed by atoms with Crippen molar-refractivity contribution < 1.29 is 10.2 Å². The van der Waals surface area contributed by atoms with Crippen molar-refractivity contribution in [2.75, 3.05) is 0 Å². The molecule has 0 aliphatic rings. The Bertz CT molecular complexity index is 425. The quantitative estimate of drug-likeness (QED) is 0.787. The van der Waals surface area contributed by atoms with Gasteiger partial charge in [0.2, 0.25) is 0 Å². The van der Waals surface area contributed by atoms with Crippen LogP contribution in [-0.2, 0) is 0 Å². The molecule has 0 bridgehead atoms. The standard InChI is InChI=1S/C12H10O2Se/c13-9-3-1-5-11(7-9)15-12-6-2-4-10(14)8-12/h1-8,13-14H. The molecule has 0 aliphatic carbocycles. The van der Waals surface area contributed by atoms with Crippen molar-refractivity contribution in [3.63, 3.8) is 0 Å². The van der Waals surface area contributed by atoms with Gasteiger partial charge in [0.15, 0.2) is 0 Å². The second-order valence-corrected chi connectivity index (χ2v) is 5.50. The van der Waals surface area contributed by atoms with Gasteiger partial charge < -0.3 is 0 Å². The van der Waals surface area contributed by atoms with E-state index in [1.54, 1.807) is 24.3 Å². The fourth-order valence-electron chi connectivity index (χ4n) is 1.23. The Hall–Kier alpha value is -1.44. The van der Waals surface area contributed by atoms with Crippen LogP contribution in [0.1, 0.15) is 0 Å². The van der Waals surface area contributed by atoms with Crippen LogP contribution in [0.2, 0.25) is 0 Å². The Kier molecular flexibility index (Phi) is 2.95. The number of benzene rings is 2. The van der Waals surface area contributed by atoms with Gasteiger partial charge in [0.25, 0.3) is 0 Å². The van der Waals surface area contributed by atoms with E-state index < -0.39 is 0 Å². The molecule has 0 saturated carbocycles. The third-order valence-corrected chi connectivity index (χ3v) is 3.93. The summed E-state index contributed by atoms with van der Waals surface area (Å²) < 4.78 is 2.18. The second-order valence-electron chi connectivity index (χ2n) is 3.10. The molecule has 0 aliphatic heterocycles. The average molecular weight is 265 g/mol. The van der Waals surface area contributed by atoms with E-state index in [9.17, 15) is 10.2 Å². The van der Waals surface area contributed by atoms with E-state index in [1.807, 2.05) is 24.3 Å². The fraction of sp³-hybridized carbons (Fsp3) is 0. The number of phenolic OH excluding ortho intramolecular Hbond substituents is 2. The molecule has 0 aromatic heterocycles. The van der Waals surface area contributed by atoms with E-state index >= 15 is 0 Å². The van der Waals surface area contributed by atoms with E-state index in [0.29, 0.717) is 0 Å². The minimum absolute atomic E-state index is 0.123. The molecule has 0 unspecified atom stereocenters. The topological polar surface area (TPSA) is 40.5 Å². The normalized spacial score (nSPS) is 10.1. The van der Waals surface area contributed by atoms with Gasteiger partial charge in [-0.05, 0) is 0 Å². The van der Waals surface area contributed by atoms with Crippen LogP contribution in [0.5, 0.6) is 11.5 Å². The predicted octanol–water partition coefficient (Wildman–Crippen LogP) is 0.753. The van der Waals surface area contributed by atoms with Crippen LogP contribution in [0.25, 0.3) is 0 Å². The first-order valence-corrected chi connectivity index (χ1v) is 6.21. The Labute approximate surface area is 94.4 Å². The molecule has 2 aromatic rings. The zero-order chi connectivity index (χ0) is 10.7. The van der Waals surface area contributed by atoms with Gasteiger partial charge in [0.1, 0.15) is 0 Å². The van der Waals surface area contributed by atoms with Crippen LogP contribution < -0.4 is 8.92 Å². The number of phenols is 2. The number of hydrogen-bond acceptors (Lipinski definition) is 2. The van der Waals surface area contributed by atoms with E-state index in [-0.39, 0.29) is 26.5 Å². The van der Waals surface area contributed by atoms with Crippen molar-refractivity contribution in [3.8, 4) is 11.5 Å². The minimum atomic E-state index is 0.123. The molecular formula is C12H10O2Se. The van der Waals surface area contributed by atoms with Gasteiger partial charge in [-0.1, -0.05) is 0 Å². The zero-order valence-corrected chi connectivity index (χ0v) is 9.63. The summed E-state index contributed by atoms with van der Waals surface area (Å²) in [6, 6.07) is 14.4. The van der Waals surface area contributed by atoms with Crippen LogP contribution in [0.4, 0.5) is 0 Å². The maximum atomic E-state index is 9.31. The van der Waals surface area contributed by atoms with Gasteiger partial charge in [-0.25, -0.2) is 0 Å². The molecule has 2 rings (SSSR count). The van der Waals surface area contributed by atoms with Gasteiger partial charge >= 0.3 is 94.1 Å². The van der Waals surface area contributed by atoms with Crippen molar-refractivity contribution in [1.29, 1.82) is 0 Å². The van der Waals surface area contributed by atoms with Crippen LogP contribution in [0.15, 0.2) is 48.5 Å². The summed E-state index contributed by atoms with van der Waals surface area (Å²) in [4.78, 5) is 0. The van der Waals surface area contributed by atoms with Crippen molar-refractivity contribution in [2.24, 2.45) is 0 Å². The molecule has 3 heteroatoms. The molecule has 0 fully saturated rings. The number of aromatic hydroxyl groups is 2. The Morgan fingerprint density at radius 2 is 1.20 bits per heavy atom. The molecule has 76 valence electrons. The summed E-state index contributed by atoms with van der Waals surface area (Å²) in [5, 5.41) is 18.6. The number of hydrogen-bond donors (Lipinski definition) is 2. The first kappa shape index (κ1) is 10.1. The molecule has 2 aromatic carbocycles. The third kappa shape index (κ3) is 2.75. The summed E-state index contributed by atoms with van der Waals surface area (Å²) >= 11 is 0.123. The van der Waals surface area contributed by atoms with Crippen LogP contribution in [0, 0.1) is 0 Å². The molecule has 2 N–H and O–H groups in total. The SMILES string of the molecule is Oc1cccc([Se]c2cccc(O)c2)c1. The van der Waals surface area contributed by atoms with E-state index in [0.717, 1.165) is 8.92 Å². The molecule has 0 heterocycles. The molecule has 0 radical (unpaired) electrons. The molecule has 0 atom stereocenters. The van der Waals surface area contributed by atoms with Crippen LogP contribution in [0.3, 0.4) is 0 Å². The van der Waals surface area contributed by atoms with E-state index in [4.69, 9.17) is 0 Å². The van der Waals surface area contributed by atoms with Gasteiger partial charge in [-0.3, -0.25) is 0 Å². The zero-order valence-electron chi connectivity index (χ0n) is 7.92. The van der Waals surface area contributed by atoms with Crippen molar-refractivity contribution in [3.05, 3.63) is 48.5 Å². The van der Waals surface area contributed by atoms with Crippen molar-refractivity contribution in [1.82, 2.24) is 0 Å². The van der Waals surface area contributed by atoms with Crippen molar-refractivity contribution in [2.45, 2.75) is 0 Å². The van der Waals surface area contributed by atoms with Crippen molar-refractivity contribution >= 4 is 23.9 Å². The summed E-state index contributed by atoms with van der Waals surface area (Å²) in [6.07, 6.45) is 0. The second kappa shape index (κ2) is 4.39. The Morgan fingerprint density at radius 1 is 0.733 bits per heavy atom. The molecule has 2 nitrogen and oxygen atoms in total. The summed E-state index contributed by atoms with van der Waals surface area (Å²) in [5.74, 6) is 0.573. The number of rotatable bonds is 2. The molecule has 0 amide bonds. The third-order valence-electron chi connectivity index (χ3n) is 1.87. The van der Waals surface area contributed by atoms with Gasteiger partial charge in [0.05, 0.1) is 0 Å². The van der Waals surface area contributed by atoms with Crippen LogP contribution >= 0.6 is 0 Å². The van der Waals surface area contributed by atoms with E-state index in [2.05, 4.69) is 0 Å². The molecule has 0 spiro atoms.